The molecular weight excluding hydrogens is 190 g/mol. The molecule has 0 spiro atoms. The Morgan fingerprint density at radius 2 is 2.33 bits per heavy atom. The van der Waals surface area contributed by atoms with Crippen molar-refractivity contribution in [2.75, 3.05) is 0 Å². The monoisotopic (exact) mass is 203 g/mol. The van der Waals surface area contributed by atoms with Crippen molar-refractivity contribution < 1.29 is 0 Å². The highest BCUT2D eigenvalue weighted by Crippen LogP contribution is 2.49. The minimum atomic E-state index is -0.0789. The fraction of sp³-hybridized carbons (Fsp3) is 0.545. The molecule has 0 aliphatic heterocycles. The van der Waals surface area contributed by atoms with Crippen LogP contribution in [0.4, 0.5) is 0 Å². The van der Waals surface area contributed by atoms with Crippen LogP contribution in [-0.2, 0) is 6.54 Å². The molecule has 1 saturated carbocycles. The van der Waals surface area contributed by atoms with Crippen LogP contribution in [0.5, 0.6) is 0 Å². The number of rotatable bonds is 3. The van der Waals surface area contributed by atoms with Crippen LogP contribution >= 0.6 is 0 Å². The van der Waals surface area contributed by atoms with E-state index in [9.17, 15) is 4.79 Å². The quantitative estimate of drug-likeness (QED) is 0.742. The molecule has 0 radical (unpaired) electrons. The Hall–Kier alpha value is -1.63. The van der Waals surface area contributed by atoms with E-state index in [2.05, 4.69) is 11.2 Å². The zero-order chi connectivity index (χ0) is 10.9. The summed E-state index contributed by atoms with van der Waals surface area (Å²) >= 11 is 0. The molecule has 78 valence electrons. The number of nitrogens with zero attached hydrogens (tertiary/aromatic N) is 3. The lowest BCUT2D eigenvalue weighted by Crippen LogP contribution is -2.26. The van der Waals surface area contributed by atoms with Crippen LogP contribution < -0.4 is 5.56 Å². The van der Waals surface area contributed by atoms with E-state index < -0.39 is 0 Å². The first-order valence-electron chi connectivity index (χ1n) is 5.07. The van der Waals surface area contributed by atoms with E-state index in [1.807, 2.05) is 6.92 Å². The fourth-order valence-electron chi connectivity index (χ4n) is 1.72. The number of aryl methyl sites for hydroxylation is 1. The van der Waals surface area contributed by atoms with Crippen LogP contribution in [0, 0.1) is 23.7 Å². The highest BCUT2D eigenvalue weighted by Gasteiger charge is 2.43. The molecule has 15 heavy (non-hydrogen) atoms. The van der Waals surface area contributed by atoms with Crippen LogP contribution in [-0.4, -0.2) is 9.78 Å². The van der Waals surface area contributed by atoms with Gasteiger partial charge in [-0.2, -0.15) is 10.4 Å². The molecule has 4 heteroatoms. The van der Waals surface area contributed by atoms with Crippen molar-refractivity contribution in [3.05, 3.63) is 28.2 Å². The normalized spacial score (nSPS) is 17.1. The van der Waals surface area contributed by atoms with Crippen molar-refractivity contribution in [3.8, 4) is 6.07 Å². The summed E-state index contributed by atoms with van der Waals surface area (Å²) in [6.07, 6.45) is 2.58. The maximum atomic E-state index is 11.5. The standard InChI is InChI=1S/C11H13N3O/c1-9-2-3-10(15)14(13-9)8-11(4-5-11)6-7-12/h2-3H,4-6,8H2,1H3. The van der Waals surface area contributed by atoms with Gasteiger partial charge in [-0.15, -0.1) is 0 Å². The molecule has 0 N–H and O–H groups in total. The molecule has 2 rings (SSSR count). The van der Waals surface area contributed by atoms with Gasteiger partial charge in [0, 0.05) is 17.9 Å². The molecule has 4 nitrogen and oxygen atoms in total. The Kier molecular flexibility index (Phi) is 2.31. The Bertz CT molecular complexity index is 465. The first kappa shape index (κ1) is 9.91. The third-order valence-electron chi connectivity index (χ3n) is 2.90. The van der Waals surface area contributed by atoms with Gasteiger partial charge >= 0.3 is 0 Å². The molecular formula is C11H13N3O. The molecule has 1 aliphatic rings. The largest absolute Gasteiger partial charge is 0.268 e. The van der Waals surface area contributed by atoms with Gasteiger partial charge in [0.2, 0.25) is 0 Å². The maximum Gasteiger partial charge on any atom is 0.266 e. The van der Waals surface area contributed by atoms with Crippen molar-refractivity contribution in [2.45, 2.75) is 32.7 Å². The highest BCUT2D eigenvalue weighted by atomic mass is 16.1. The predicted octanol–water partition coefficient (Wildman–Crippen LogP) is 1.25. The van der Waals surface area contributed by atoms with E-state index in [0.29, 0.717) is 13.0 Å². The highest BCUT2D eigenvalue weighted by molar-refractivity contribution is 5.02. The molecule has 1 aliphatic carbocycles. The van der Waals surface area contributed by atoms with E-state index in [0.717, 1.165) is 18.5 Å². The third-order valence-corrected chi connectivity index (χ3v) is 2.90. The smallest absolute Gasteiger partial charge is 0.266 e. The molecule has 1 heterocycles. The van der Waals surface area contributed by atoms with Gasteiger partial charge in [-0.1, -0.05) is 0 Å². The number of hydrogen-bond acceptors (Lipinski definition) is 3. The average Bonchev–Trinajstić information content (AvgIpc) is 2.92. The fourth-order valence-corrected chi connectivity index (χ4v) is 1.72. The van der Waals surface area contributed by atoms with E-state index in [1.54, 1.807) is 6.07 Å². The Morgan fingerprint density at radius 1 is 1.60 bits per heavy atom. The second-order valence-corrected chi connectivity index (χ2v) is 4.31. The maximum absolute atomic E-state index is 11.5. The zero-order valence-electron chi connectivity index (χ0n) is 8.73. The summed E-state index contributed by atoms with van der Waals surface area (Å²) in [5.74, 6) is 0. The summed E-state index contributed by atoms with van der Waals surface area (Å²) in [6, 6.07) is 5.43. The minimum Gasteiger partial charge on any atom is -0.268 e. The van der Waals surface area contributed by atoms with Crippen molar-refractivity contribution in [2.24, 2.45) is 5.41 Å². The summed E-state index contributed by atoms with van der Waals surface area (Å²) in [4.78, 5) is 11.5. The summed E-state index contributed by atoms with van der Waals surface area (Å²) < 4.78 is 1.49. The lowest BCUT2D eigenvalue weighted by Gasteiger charge is -2.12. The first-order chi connectivity index (χ1) is 7.15. The van der Waals surface area contributed by atoms with Crippen molar-refractivity contribution >= 4 is 0 Å². The Balaban J connectivity index is 2.21. The topological polar surface area (TPSA) is 58.7 Å². The molecule has 0 bridgehead atoms. The first-order valence-corrected chi connectivity index (χ1v) is 5.07. The molecule has 0 unspecified atom stereocenters. The van der Waals surface area contributed by atoms with E-state index >= 15 is 0 Å². The lowest BCUT2D eigenvalue weighted by molar-refractivity contribution is 0.389. The SMILES string of the molecule is Cc1ccc(=O)n(CC2(CC#N)CC2)n1. The van der Waals surface area contributed by atoms with Gasteiger partial charge in [-0.05, 0) is 25.8 Å². The lowest BCUT2D eigenvalue weighted by atomic mass is 10.0. The summed E-state index contributed by atoms with van der Waals surface area (Å²) in [7, 11) is 0. The number of hydrogen-bond donors (Lipinski definition) is 0. The van der Waals surface area contributed by atoms with E-state index in [-0.39, 0.29) is 11.0 Å². The van der Waals surface area contributed by atoms with Crippen LogP contribution in [0.1, 0.15) is 25.0 Å². The number of nitriles is 1. The van der Waals surface area contributed by atoms with Gasteiger partial charge < -0.3 is 0 Å². The third kappa shape index (κ3) is 2.07. The minimum absolute atomic E-state index is 0.0272. The van der Waals surface area contributed by atoms with Gasteiger partial charge in [0.25, 0.3) is 5.56 Å². The van der Waals surface area contributed by atoms with Gasteiger partial charge in [0.1, 0.15) is 0 Å². The summed E-state index contributed by atoms with van der Waals surface area (Å²) in [5.41, 5.74) is 0.784. The van der Waals surface area contributed by atoms with Crippen LogP contribution in [0.2, 0.25) is 0 Å². The molecule has 1 aromatic heterocycles. The Morgan fingerprint density at radius 3 is 2.93 bits per heavy atom. The number of aromatic nitrogens is 2. The van der Waals surface area contributed by atoms with Crippen molar-refractivity contribution in [1.29, 1.82) is 5.26 Å². The molecule has 0 saturated heterocycles. The van der Waals surface area contributed by atoms with Gasteiger partial charge in [-0.25, -0.2) is 4.68 Å². The van der Waals surface area contributed by atoms with Gasteiger partial charge in [-0.3, -0.25) is 4.79 Å². The average molecular weight is 203 g/mol. The van der Waals surface area contributed by atoms with Crippen molar-refractivity contribution in [3.63, 3.8) is 0 Å². The summed E-state index contributed by atoms with van der Waals surface area (Å²) in [6.45, 7) is 2.45. The van der Waals surface area contributed by atoms with Crippen molar-refractivity contribution in [1.82, 2.24) is 9.78 Å². The summed E-state index contributed by atoms with van der Waals surface area (Å²) in [5, 5.41) is 12.9. The van der Waals surface area contributed by atoms with Crippen LogP contribution in [0.3, 0.4) is 0 Å². The van der Waals surface area contributed by atoms with E-state index in [1.165, 1.54) is 10.7 Å². The second kappa shape index (κ2) is 3.50. The van der Waals surface area contributed by atoms with Gasteiger partial charge in [0.05, 0.1) is 18.3 Å². The molecule has 1 fully saturated rings. The van der Waals surface area contributed by atoms with Gasteiger partial charge in [0.15, 0.2) is 0 Å². The predicted molar refractivity (Wildman–Crippen MR) is 55.1 cm³/mol. The van der Waals surface area contributed by atoms with E-state index in [4.69, 9.17) is 5.26 Å². The van der Waals surface area contributed by atoms with Crippen LogP contribution in [0.25, 0.3) is 0 Å². The van der Waals surface area contributed by atoms with Crippen LogP contribution in [0.15, 0.2) is 16.9 Å². The molecule has 0 amide bonds. The molecule has 0 aromatic carbocycles. The zero-order valence-corrected chi connectivity index (χ0v) is 8.73. The second-order valence-electron chi connectivity index (χ2n) is 4.31. The molecule has 0 atom stereocenters. The molecule has 1 aromatic rings. The Labute approximate surface area is 88.2 Å².